The Morgan fingerprint density at radius 2 is 1.86 bits per heavy atom. The fraction of sp³-hybridized carbons (Fsp3) is 0.357. The van der Waals surface area contributed by atoms with E-state index in [0.717, 1.165) is 0 Å². The molecule has 0 fully saturated rings. The molecular weight excluding hydrogens is 276 g/mol. The van der Waals surface area contributed by atoms with Crippen LogP contribution in [0.2, 0.25) is 0 Å². The third kappa shape index (κ3) is 5.94. The topological polar surface area (TPSA) is 130 Å². The molecule has 1 atom stereocenters. The van der Waals surface area contributed by atoms with E-state index >= 15 is 0 Å². The van der Waals surface area contributed by atoms with Crippen molar-refractivity contribution in [2.75, 3.05) is 0 Å². The number of carbonyl (C=O) groups excluding carboxylic acids is 2. The van der Waals surface area contributed by atoms with Crippen LogP contribution < -0.4 is 11.1 Å². The molecule has 0 aliphatic heterocycles. The van der Waals surface area contributed by atoms with Gasteiger partial charge in [0.15, 0.2) is 0 Å². The van der Waals surface area contributed by atoms with Gasteiger partial charge in [0.05, 0.1) is 0 Å². The number of primary amides is 1. The van der Waals surface area contributed by atoms with Crippen molar-refractivity contribution in [2.45, 2.75) is 31.7 Å². The zero-order chi connectivity index (χ0) is 15.8. The molecule has 0 saturated carbocycles. The number of para-hydroxylation sites is 1. The Morgan fingerprint density at radius 1 is 1.19 bits per heavy atom. The summed E-state index contributed by atoms with van der Waals surface area (Å²) < 4.78 is 0. The molecule has 0 unspecified atom stereocenters. The molecule has 114 valence electrons. The number of nitrogens with one attached hydrogen (secondary N) is 1. The van der Waals surface area contributed by atoms with Gasteiger partial charge in [0.25, 0.3) is 0 Å². The number of aryl methyl sites for hydroxylation is 1. The molecule has 1 aromatic carbocycles. The summed E-state index contributed by atoms with van der Waals surface area (Å²) in [6.45, 7) is 0. The molecule has 0 aromatic heterocycles. The van der Waals surface area contributed by atoms with Gasteiger partial charge in [0.1, 0.15) is 11.8 Å². The zero-order valence-corrected chi connectivity index (χ0v) is 11.4. The largest absolute Gasteiger partial charge is 0.508 e. The number of carbonyl (C=O) groups is 3. The summed E-state index contributed by atoms with van der Waals surface area (Å²) in [6, 6.07) is 5.46. The molecule has 1 aromatic rings. The SMILES string of the molecule is NC(=O)CC[C@H](NC(=O)CCc1ccccc1O)C(=O)O. The first-order valence-electron chi connectivity index (χ1n) is 6.47. The van der Waals surface area contributed by atoms with Crippen LogP contribution in [0.25, 0.3) is 0 Å². The Morgan fingerprint density at radius 3 is 2.43 bits per heavy atom. The van der Waals surface area contributed by atoms with Crippen LogP contribution in [0.5, 0.6) is 5.75 Å². The number of hydrogen-bond donors (Lipinski definition) is 4. The first-order valence-corrected chi connectivity index (χ1v) is 6.47. The second-order valence-electron chi connectivity index (χ2n) is 4.59. The van der Waals surface area contributed by atoms with Crippen molar-refractivity contribution in [2.24, 2.45) is 5.73 Å². The van der Waals surface area contributed by atoms with Gasteiger partial charge in [-0.05, 0) is 24.5 Å². The lowest BCUT2D eigenvalue weighted by molar-refractivity contribution is -0.142. The summed E-state index contributed by atoms with van der Waals surface area (Å²) in [7, 11) is 0. The van der Waals surface area contributed by atoms with Gasteiger partial charge in [-0.1, -0.05) is 18.2 Å². The van der Waals surface area contributed by atoms with Crippen LogP contribution in [0.4, 0.5) is 0 Å². The molecule has 0 spiro atoms. The molecule has 7 nitrogen and oxygen atoms in total. The van der Waals surface area contributed by atoms with E-state index in [9.17, 15) is 19.5 Å². The van der Waals surface area contributed by atoms with Crippen LogP contribution in [-0.4, -0.2) is 34.0 Å². The Hall–Kier alpha value is -2.57. The minimum Gasteiger partial charge on any atom is -0.508 e. The Kier molecular flexibility index (Phi) is 6.19. The van der Waals surface area contributed by atoms with Gasteiger partial charge in [-0.3, -0.25) is 9.59 Å². The molecule has 0 saturated heterocycles. The average molecular weight is 294 g/mol. The fourth-order valence-electron chi connectivity index (χ4n) is 1.78. The molecule has 0 heterocycles. The minimum atomic E-state index is -1.22. The summed E-state index contributed by atoms with van der Waals surface area (Å²) in [4.78, 5) is 33.3. The molecule has 1 rings (SSSR count). The van der Waals surface area contributed by atoms with Crippen molar-refractivity contribution in [3.05, 3.63) is 29.8 Å². The standard InChI is InChI=1S/C14H18N2O5/c15-12(18)7-6-10(14(20)21)16-13(19)8-5-9-3-1-2-4-11(9)17/h1-4,10,17H,5-8H2,(H2,15,18)(H,16,19)(H,20,21)/t10-/m0/s1. The number of aliphatic carboxylic acids is 1. The van der Waals surface area contributed by atoms with Gasteiger partial charge in [-0.15, -0.1) is 0 Å². The molecule has 7 heteroatoms. The second-order valence-corrected chi connectivity index (χ2v) is 4.59. The zero-order valence-electron chi connectivity index (χ0n) is 11.4. The van der Waals surface area contributed by atoms with Crippen LogP contribution in [-0.2, 0) is 20.8 Å². The maximum absolute atomic E-state index is 11.7. The van der Waals surface area contributed by atoms with E-state index in [2.05, 4.69) is 5.32 Å². The van der Waals surface area contributed by atoms with Crippen molar-refractivity contribution in [3.8, 4) is 5.75 Å². The Bertz CT molecular complexity index is 530. The van der Waals surface area contributed by atoms with Crippen molar-refractivity contribution in [3.63, 3.8) is 0 Å². The third-order valence-electron chi connectivity index (χ3n) is 2.93. The second kappa shape index (κ2) is 7.88. The number of phenols is 1. The number of nitrogens with two attached hydrogens (primary N) is 1. The lowest BCUT2D eigenvalue weighted by atomic mass is 10.1. The highest BCUT2D eigenvalue weighted by molar-refractivity contribution is 5.84. The highest BCUT2D eigenvalue weighted by atomic mass is 16.4. The van der Waals surface area contributed by atoms with E-state index in [4.69, 9.17) is 10.8 Å². The molecule has 21 heavy (non-hydrogen) atoms. The van der Waals surface area contributed by atoms with Crippen LogP contribution in [0, 0.1) is 0 Å². The van der Waals surface area contributed by atoms with Crippen molar-refractivity contribution < 1.29 is 24.6 Å². The smallest absolute Gasteiger partial charge is 0.326 e. The lowest BCUT2D eigenvalue weighted by Gasteiger charge is -2.13. The monoisotopic (exact) mass is 294 g/mol. The third-order valence-corrected chi connectivity index (χ3v) is 2.93. The number of phenolic OH excluding ortho intramolecular Hbond substituents is 1. The maximum atomic E-state index is 11.7. The predicted molar refractivity (Wildman–Crippen MR) is 74.4 cm³/mol. The van der Waals surface area contributed by atoms with Gasteiger partial charge in [-0.25, -0.2) is 4.79 Å². The number of hydrogen-bond acceptors (Lipinski definition) is 4. The van der Waals surface area contributed by atoms with Gasteiger partial charge in [-0.2, -0.15) is 0 Å². The van der Waals surface area contributed by atoms with Crippen LogP contribution in [0.1, 0.15) is 24.8 Å². The summed E-state index contributed by atoms with van der Waals surface area (Å²) in [5.41, 5.74) is 5.56. The fourth-order valence-corrected chi connectivity index (χ4v) is 1.78. The number of benzene rings is 1. The average Bonchev–Trinajstić information content (AvgIpc) is 2.42. The highest BCUT2D eigenvalue weighted by Crippen LogP contribution is 2.17. The van der Waals surface area contributed by atoms with Gasteiger partial charge < -0.3 is 21.3 Å². The van der Waals surface area contributed by atoms with Crippen molar-refractivity contribution >= 4 is 17.8 Å². The Balaban J connectivity index is 2.49. The molecule has 2 amide bonds. The van der Waals surface area contributed by atoms with E-state index in [1.165, 1.54) is 6.07 Å². The van der Waals surface area contributed by atoms with E-state index in [1.54, 1.807) is 18.2 Å². The van der Waals surface area contributed by atoms with E-state index < -0.39 is 23.8 Å². The minimum absolute atomic E-state index is 0.0396. The van der Waals surface area contributed by atoms with E-state index in [-0.39, 0.29) is 25.0 Å². The first kappa shape index (κ1) is 16.5. The van der Waals surface area contributed by atoms with Crippen LogP contribution in [0.15, 0.2) is 24.3 Å². The quantitative estimate of drug-likeness (QED) is 0.542. The van der Waals surface area contributed by atoms with E-state index in [1.807, 2.05) is 0 Å². The van der Waals surface area contributed by atoms with Gasteiger partial charge in [0, 0.05) is 12.8 Å². The number of amides is 2. The number of carboxylic acid groups (broad SMARTS) is 1. The first-order chi connectivity index (χ1) is 9.90. The molecule has 0 bridgehead atoms. The Labute approximate surface area is 121 Å². The molecule has 5 N–H and O–H groups in total. The summed E-state index contributed by atoms with van der Waals surface area (Å²) in [5, 5.41) is 20.9. The van der Waals surface area contributed by atoms with Crippen molar-refractivity contribution in [1.82, 2.24) is 5.32 Å². The predicted octanol–water partition coefficient (Wildman–Crippen LogP) is 0.160. The van der Waals surface area contributed by atoms with Gasteiger partial charge >= 0.3 is 5.97 Å². The van der Waals surface area contributed by atoms with Gasteiger partial charge in [0.2, 0.25) is 11.8 Å². The molecular formula is C14H18N2O5. The van der Waals surface area contributed by atoms with Crippen LogP contribution >= 0.6 is 0 Å². The summed E-state index contributed by atoms with van der Waals surface area (Å²) in [5.74, 6) is -2.21. The normalized spacial score (nSPS) is 11.6. The highest BCUT2D eigenvalue weighted by Gasteiger charge is 2.20. The van der Waals surface area contributed by atoms with Crippen LogP contribution in [0.3, 0.4) is 0 Å². The number of carboxylic acids is 1. The number of rotatable bonds is 8. The summed E-state index contributed by atoms with van der Waals surface area (Å²) >= 11 is 0. The molecule has 0 radical (unpaired) electrons. The maximum Gasteiger partial charge on any atom is 0.326 e. The molecule has 0 aliphatic rings. The summed E-state index contributed by atoms with van der Waals surface area (Å²) in [6.07, 6.45) is 0.169. The lowest BCUT2D eigenvalue weighted by Crippen LogP contribution is -2.41. The molecule has 0 aliphatic carbocycles. The van der Waals surface area contributed by atoms with Crippen molar-refractivity contribution in [1.29, 1.82) is 0 Å². The number of aromatic hydroxyl groups is 1. The van der Waals surface area contributed by atoms with E-state index in [0.29, 0.717) is 12.0 Å².